The van der Waals surface area contributed by atoms with E-state index in [4.69, 9.17) is 11.6 Å². The van der Waals surface area contributed by atoms with Gasteiger partial charge in [0.2, 0.25) is 0 Å². The first-order valence-corrected chi connectivity index (χ1v) is 8.65. The highest BCUT2D eigenvalue weighted by atomic mass is 35.5. The molecule has 0 saturated carbocycles. The quantitative estimate of drug-likeness (QED) is 0.597. The molecule has 1 nitrogen and oxygen atoms in total. The number of nitrogens with zero attached hydrogens (tertiary/aromatic N) is 1. The zero-order chi connectivity index (χ0) is 14.2. The van der Waals surface area contributed by atoms with Gasteiger partial charge >= 0.3 is 0 Å². The summed E-state index contributed by atoms with van der Waals surface area (Å²) in [5.41, 5.74) is 5.30. The van der Waals surface area contributed by atoms with E-state index in [0.717, 1.165) is 16.9 Å². The Morgan fingerprint density at radius 1 is 1.10 bits per heavy atom. The van der Waals surface area contributed by atoms with Gasteiger partial charge in [0.15, 0.2) is 0 Å². The Bertz CT molecular complexity index is 760. The van der Waals surface area contributed by atoms with Gasteiger partial charge in [0.25, 0.3) is 0 Å². The Balaban J connectivity index is 1.58. The maximum atomic E-state index is 6.64. The smallest absolute Gasteiger partial charge is 0.0956 e. The van der Waals surface area contributed by atoms with Gasteiger partial charge in [0.05, 0.1) is 20.6 Å². The van der Waals surface area contributed by atoms with E-state index < -0.39 is 0 Å². The number of aromatic nitrogens is 1. The minimum absolute atomic E-state index is 0.0106. The molecule has 0 spiro atoms. The second-order valence-corrected chi connectivity index (χ2v) is 7.27. The SMILES string of the molecule is ClC(Cc1nc2ccccc2s1)c1ccc2c(c1)CCC2. The molecule has 1 atom stereocenters. The molecule has 3 heteroatoms. The van der Waals surface area contributed by atoms with Crippen LogP contribution in [0.2, 0.25) is 0 Å². The molecular weight excluding hydrogens is 298 g/mol. The van der Waals surface area contributed by atoms with Crippen molar-refractivity contribution < 1.29 is 0 Å². The van der Waals surface area contributed by atoms with E-state index >= 15 is 0 Å². The van der Waals surface area contributed by atoms with E-state index in [1.54, 1.807) is 11.3 Å². The van der Waals surface area contributed by atoms with Crippen molar-refractivity contribution in [2.24, 2.45) is 0 Å². The first-order valence-electron chi connectivity index (χ1n) is 7.40. The minimum Gasteiger partial charge on any atom is -0.241 e. The highest BCUT2D eigenvalue weighted by molar-refractivity contribution is 7.18. The number of aryl methyl sites for hydroxylation is 2. The van der Waals surface area contributed by atoms with E-state index in [0.29, 0.717) is 0 Å². The van der Waals surface area contributed by atoms with Gasteiger partial charge in [-0.15, -0.1) is 22.9 Å². The van der Waals surface area contributed by atoms with Gasteiger partial charge in [-0.2, -0.15) is 0 Å². The Kier molecular flexibility index (Phi) is 3.44. The van der Waals surface area contributed by atoms with Crippen LogP contribution in [0.25, 0.3) is 10.2 Å². The average Bonchev–Trinajstić information content (AvgIpc) is 3.11. The molecule has 1 aromatic heterocycles. The molecule has 0 amide bonds. The fraction of sp³-hybridized carbons (Fsp3) is 0.278. The average molecular weight is 314 g/mol. The van der Waals surface area contributed by atoms with E-state index in [2.05, 4.69) is 41.4 Å². The normalized spacial score (nSPS) is 15.3. The molecule has 0 N–H and O–H groups in total. The topological polar surface area (TPSA) is 12.9 Å². The van der Waals surface area contributed by atoms with Crippen molar-refractivity contribution >= 4 is 33.2 Å². The first-order chi connectivity index (χ1) is 10.3. The zero-order valence-electron chi connectivity index (χ0n) is 11.7. The summed E-state index contributed by atoms with van der Waals surface area (Å²) in [5.74, 6) is 0. The zero-order valence-corrected chi connectivity index (χ0v) is 13.3. The number of halogens is 1. The van der Waals surface area contributed by atoms with Gasteiger partial charge in [-0.3, -0.25) is 0 Å². The van der Waals surface area contributed by atoms with Crippen molar-refractivity contribution in [1.82, 2.24) is 4.98 Å². The molecule has 1 aliphatic carbocycles. The van der Waals surface area contributed by atoms with Crippen LogP contribution in [-0.4, -0.2) is 4.98 Å². The summed E-state index contributed by atoms with van der Waals surface area (Å²) in [6.45, 7) is 0. The molecule has 0 fully saturated rings. The highest BCUT2D eigenvalue weighted by Crippen LogP contribution is 2.32. The molecule has 4 rings (SSSR count). The number of hydrogen-bond donors (Lipinski definition) is 0. The Morgan fingerprint density at radius 2 is 1.95 bits per heavy atom. The summed E-state index contributed by atoms with van der Waals surface area (Å²) in [7, 11) is 0. The van der Waals surface area contributed by atoms with Crippen LogP contribution in [0.3, 0.4) is 0 Å². The van der Waals surface area contributed by atoms with E-state index in [1.165, 1.54) is 40.7 Å². The monoisotopic (exact) mass is 313 g/mol. The van der Waals surface area contributed by atoms with Crippen molar-refractivity contribution in [2.45, 2.75) is 31.1 Å². The Hall–Kier alpha value is -1.38. The summed E-state index contributed by atoms with van der Waals surface area (Å²) in [6, 6.07) is 15.0. The molecule has 106 valence electrons. The molecule has 0 bridgehead atoms. The number of benzene rings is 2. The van der Waals surface area contributed by atoms with Crippen molar-refractivity contribution in [2.75, 3.05) is 0 Å². The summed E-state index contributed by atoms with van der Waals surface area (Å²) < 4.78 is 1.24. The molecule has 2 aromatic carbocycles. The first kappa shape index (κ1) is 13.3. The van der Waals surface area contributed by atoms with Gasteiger partial charge in [-0.05, 0) is 48.1 Å². The molecule has 0 aliphatic heterocycles. The van der Waals surface area contributed by atoms with Crippen LogP contribution in [0, 0.1) is 0 Å². The Labute approximate surface area is 133 Å². The van der Waals surface area contributed by atoms with Crippen molar-refractivity contribution in [3.63, 3.8) is 0 Å². The third kappa shape index (κ3) is 2.58. The van der Waals surface area contributed by atoms with Gasteiger partial charge < -0.3 is 0 Å². The predicted octanol–water partition coefficient (Wildman–Crippen LogP) is 5.31. The van der Waals surface area contributed by atoms with Crippen LogP contribution in [0.15, 0.2) is 42.5 Å². The molecule has 21 heavy (non-hydrogen) atoms. The fourth-order valence-electron chi connectivity index (χ4n) is 3.06. The largest absolute Gasteiger partial charge is 0.241 e. The molecule has 0 saturated heterocycles. The minimum atomic E-state index is 0.0106. The predicted molar refractivity (Wildman–Crippen MR) is 90.4 cm³/mol. The molecule has 1 aliphatic rings. The number of fused-ring (bicyclic) bond motifs is 2. The summed E-state index contributed by atoms with van der Waals surface area (Å²) in [5, 5.41) is 1.13. The highest BCUT2D eigenvalue weighted by Gasteiger charge is 2.16. The van der Waals surface area contributed by atoms with E-state index in [9.17, 15) is 0 Å². The third-order valence-electron chi connectivity index (χ3n) is 4.18. The number of alkyl halides is 1. The standard InChI is InChI=1S/C18H16ClNS/c19-15(14-9-8-12-4-3-5-13(12)10-14)11-18-20-16-6-1-2-7-17(16)21-18/h1-2,6-10,15H,3-5,11H2. The fourth-order valence-corrected chi connectivity index (χ4v) is 4.45. The van der Waals surface area contributed by atoms with Gasteiger partial charge in [-0.25, -0.2) is 4.98 Å². The number of para-hydroxylation sites is 1. The third-order valence-corrected chi connectivity index (χ3v) is 5.64. The maximum absolute atomic E-state index is 6.64. The van der Waals surface area contributed by atoms with Gasteiger partial charge in [-0.1, -0.05) is 30.3 Å². The van der Waals surface area contributed by atoms with Gasteiger partial charge in [0.1, 0.15) is 0 Å². The van der Waals surface area contributed by atoms with Crippen molar-refractivity contribution in [3.05, 3.63) is 64.2 Å². The lowest BCUT2D eigenvalue weighted by Gasteiger charge is -2.10. The molecule has 1 heterocycles. The van der Waals surface area contributed by atoms with Crippen molar-refractivity contribution in [3.8, 4) is 0 Å². The van der Waals surface area contributed by atoms with Crippen LogP contribution < -0.4 is 0 Å². The van der Waals surface area contributed by atoms with E-state index in [1.807, 2.05) is 6.07 Å². The number of thiazole rings is 1. The van der Waals surface area contributed by atoms with Crippen LogP contribution in [-0.2, 0) is 19.3 Å². The van der Waals surface area contributed by atoms with Crippen LogP contribution >= 0.6 is 22.9 Å². The van der Waals surface area contributed by atoms with Gasteiger partial charge in [0, 0.05) is 6.42 Å². The molecule has 3 aromatic rings. The number of hydrogen-bond acceptors (Lipinski definition) is 2. The lowest BCUT2D eigenvalue weighted by atomic mass is 10.0. The second-order valence-electron chi connectivity index (χ2n) is 5.63. The van der Waals surface area contributed by atoms with Crippen LogP contribution in [0.4, 0.5) is 0 Å². The van der Waals surface area contributed by atoms with Crippen molar-refractivity contribution in [1.29, 1.82) is 0 Å². The summed E-state index contributed by atoms with van der Waals surface area (Å²) in [6.07, 6.45) is 4.51. The van der Waals surface area contributed by atoms with Crippen LogP contribution in [0.1, 0.15) is 33.5 Å². The molecule has 0 radical (unpaired) electrons. The maximum Gasteiger partial charge on any atom is 0.0956 e. The molecular formula is C18H16ClNS. The van der Waals surface area contributed by atoms with E-state index in [-0.39, 0.29) is 5.38 Å². The summed E-state index contributed by atoms with van der Waals surface area (Å²) >= 11 is 8.39. The van der Waals surface area contributed by atoms with Crippen LogP contribution in [0.5, 0.6) is 0 Å². The lowest BCUT2D eigenvalue weighted by Crippen LogP contribution is -1.97. The Morgan fingerprint density at radius 3 is 2.86 bits per heavy atom. The second kappa shape index (κ2) is 5.43. The molecule has 1 unspecified atom stereocenters. The lowest BCUT2D eigenvalue weighted by molar-refractivity contribution is 0.901. The number of rotatable bonds is 3. The summed E-state index contributed by atoms with van der Waals surface area (Å²) in [4.78, 5) is 4.68.